The molecular weight excluding hydrogens is 303 g/mol. The van der Waals surface area contributed by atoms with E-state index in [4.69, 9.17) is 32.7 Å². The van der Waals surface area contributed by atoms with Crippen molar-refractivity contribution in [2.24, 2.45) is 0 Å². The minimum absolute atomic E-state index is 0.136. The Morgan fingerprint density at radius 1 is 1.20 bits per heavy atom. The van der Waals surface area contributed by atoms with E-state index < -0.39 is 5.97 Å². The molecule has 2 rings (SSSR count). The van der Waals surface area contributed by atoms with Crippen LogP contribution in [0.25, 0.3) is 11.5 Å². The van der Waals surface area contributed by atoms with E-state index in [1.165, 1.54) is 0 Å². The molecule has 0 amide bonds. The topological polar surface area (TPSA) is 76.2 Å². The molecule has 0 unspecified atom stereocenters. The van der Waals surface area contributed by atoms with Crippen LogP contribution in [0.5, 0.6) is 0 Å². The summed E-state index contributed by atoms with van der Waals surface area (Å²) in [4.78, 5) is 10.4. The number of carbonyl (C=O) groups is 1. The summed E-state index contributed by atoms with van der Waals surface area (Å²) in [5.41, 5.74) is 0.514. The second kappa shape index (κ2) is 6.72. The number of nitrogens with zero attached hydrogens (tertiary/aromatic N) is 2. The summed E-state index contributed by atoms with van der Waals surface area (Å²) in [7, 11) is 0. The summed E-state index contributed by atoms with van der Waals surface area (Å²) in [5.74, 6) is -0.0886. The standard InChI is InChI=1S/C13H12Cl2N2O3/c14-8-4-3-5-9(15)12(8)13-17-16-10(20-13)6-1-2-7-11(18)19/h3-5H,1-2,6-7H2,(H,18,19). The van der Waals surface area contributed by atoms with Gasteiger partial charge in [-0.3, -0.25) is 4.79 Å². The van der Waals surface area contributed by atoms with Gasteiger partial charge in [-0.05, 0) is 25.0 Å². The molecule has 1 aromatic carbocycles. The van der Waals surface area contributed by atoms with Crippen LogP contribution in [-0.2, 0) is 11.2 Å². The Morgan fingerprint density at radius 2 is 1.90 bits per heavy atom. The molecule has 1 heterocycles. The largest absolute Gasteiger partial charge is 0.481 e. The number of aryl methyl sites for hydroxylation is 1. The van der Waals surface area contributed by atoms with Gasteiger partial charge in [-0.15, -0.1) is 10.2 Å². The number of aliphatic carboxylic acids is 1. The van der Waals surface area contributed by atoms with Crippen LogP contribution in [0.4, 0.5) is 0 Å². The van der Waals surface area contributed by atoms with E-state index in [1.54, 1.807) is 18.2 Å². The molecule has 5 nitrogen and oxygen atoms in total. The van der Waals surface area contributed by atoms with Crippen molar-refractivity contribution in [3.8, 4) is 11.5 Å². The van der Waals surface area contributed by atoms with Gasteiger partial charge in [-0.25, -0.2) is 0 Å². The average Bonchev–Trinajstić information content (AvgIpc) is 2.83. The van der Waals surface area contributed by atoms with Crippen molar-refractivity contribution in [2.45, 2.75) is 25.7 Å². The Balaban J connectivity index is 2.04. The number of benzene rings is 1. The molecule has 0 saturated heterocycles. The zero-order chi connectivity index (χ0) is 14.5. The first-order chi connectivity index (χ1) is 9.58. The molecular formula is C13H12Cl2N2O3. The van der Waals surface area contributed by atoms with Crippen molar-refractivity contribution in [1.82, 2.24) is 10.2 Å². The molecule has 7 heteroatoms. The van der Waals surface area contributed by atoms with Gasteiger partial charge in [0.25, 0.3) is 5.89 Å². The molecule has 0 saturated carbocycles. The lowest BCUT2D eigenvalue weighted by molar-refractivity contribution is -0.137. The zero-order valence-corrected chi connectivity index (χ0v) is 12.0. The van der Waals surface area contributed by atoms with Crippen molar-refractivity contribution < 1.29 is 14.3 Å². The van der Waals surface area contributed by atoms with Crippen molar-refractivity contribution in [1.29, 1.82) is 0 Å². The Hall–Kier alpha value is -1.59. The van der Waals surface area contributed by atoms with Gasteiger partial charge < -0.3 is 9.52 Å². The maximum Gasteiger partial charge on any atom is 0.303 e. The van der Waals surface area contributed by atoms with E-state index >= 15 is 0 Å². The van der Waals surface area contributed by atoms with Crippen molar-refractivity contribution in [2.75, 3.05) is 0 Å². The molecule has 0 aliphatic heterocycles. The van der Waals surface area contributed by atoms with E-state index in [1.807, 2.05) is 0 Å². The molecule has 0 atom stereocenters. The quantitative estimate of drug-likeness (QED) is 0.820. The molecule has 0 fully saturated rings. The summed E-state index contributed by atoms with van der Waals surface area (Å²) in [6.45, 7) is 0. The van der Waals surface area contributed by atoms with Gasteiger partial charge in [-0.1, -0.05) is 29.3 Å². The van der Waals surface area contributed by atoms with Crippen LogP contribution in [0.15, 0.2) is 22.6 Å². The molecule has 0 bridgehead atoms. The maximum absolute atomic E-state index is 10.4. The summed E-state index contributed by atoms with van der Waals surface area (Å²) in [5, 5.41) is 17.3. The molecule has 0 radical (unpaired) electrons. The molecule has 0 aliphatic rings. The van der Waals surface area contributed by atoms with Crippen molar-refractivity contribution in [3.63, 3.8) is 0 Å². The monoisotopic (exact) mass is 314 g/mol. The Labute approximate surface area is 125 Å². The van der Waals surface area contributed by atoms with Gasteiger partial charge in [0.15, 0.2) is 0 Å². The summed E-state index contributed by atoms with van der Waals surface area (Å²) >= 11 is 12.1. The van der Waals surface area contributed by atoms with E-state index in [9.17, 15) is 4.79 Å². The van der Waals surface area contributed by atoms with Crippen LogP contribution in [0.1, 0.15) is 25.2 Å². The van der Waals surface area contributed by atoms with Gasteiger partial charge in [0.05, 0.1) is 15.6 Å². The first-order valence-corrected chi connectivity index (χ1v) is 6.82. The SMILES string of the molecule is O=C(O)CCCCc1nnc(-c2c(Cl)cccc2Cl)o1. The molecule has 1 aromatic heterocycles. The minimum Gasteiger partial charge on any atom is -0.481 e. The van der Waals surface area contributed by atoms with E-state index in [2.05, 4.69) is 10.2 Å². The number of rotatable bonds is 6. The molecule has 20 heavy (non-hydrogen) atoms. The first-order valence-electron chi connectivity index (χ1n) is 6.06. The highest BCUT2D eigenvalue weighted by Gasteiger charge is 2.15. The second-order valence-corrected chi connectivity index (χ2v) is 5.01. The third-order valence-corrected chi connectivity index (χ3v) is 3.30. The third-order valence-electron chi connectivity index (χ3n) is 2.67. The fourth-order valence-corrected chi connectivity index (χ4v) is 2.27. The summed E-state index contributed by atoms with van der Waals surface area (Å²) in [6, 6.07) is 5.12. The number of carboxylic acids is 1. The summed E-state index contributed by atoms with van der Waals surface area (Å²) in [6.07, 6.45) is 1.91. The van der Waals surface area contributed by atoms with Crippen LogP contribution in [-0.4, -0.2) is 21.3 Å². The Bertz CT molecular complexity index is 593. The van der Waals surface area contributed by atoms with Crippen molar-refractivity contribution >= 4 is 29.2 Å². The first kappa shape index (κ1) is 14.8. The lowest BCUT2D eigenvalue weighted by atomic mass is 10.2. The maximum atomic E-state index is 10.4. The number of aromatic nitrogens is 2. The van der Waals surface area contributed by atoms with Crippen LogP contribution in [0.3, 0.4) is 0 Å². The van der Waals surface area contributed by atoms with Gasteiger partial charge in [0.2, 0.25) is 5.89 Å². The van der Waals surface area contributed by atoms with E-state index in [-0.39, 0.29) is 12.3 Å². The minimum atomic E-state index is -0.806. The van der Waals surface area contributed by atoms with Crippen molar-refractivity contribution in [3.05, 3.63) is 34.1 Å². The molecule has 1 N–H and O–H groups in total. The lowest BCUT2D eigenvalue weighted by Crippen LogP contribution is -1.95. The van der Waals surface area contributed by atoms with Crippen LogP contribution in [0.2, 0.25) is 10.0 Å². The van der Waals surface area contributed by atoms with E-state index in [0.717, 1.165) is 0 Å². The smallest absolute Gasteiger partial charge is 0.303 e. The highest BCUT2D eigenvalue weighted by molar-refractivity contribution is 6.38. The number of unbranched alkanes of at least 4 members (excludes halogenated alkanes) is 1. The predicted molar refractivity (Wildman–Crippen MR) is 74.9 cm³/mol. The lowest BCUT2D eigenvalue weighted by Gasteiger charge is -2.00. The second-order valence-electron chi connectivity index (χ2n) is 4.20. The van der Waals surface area contributed by atoms with E-state index in [0.29, 0.717) is 40.8 Å². The van der Waals surface area contributed by atoms with Gasteiger partial charge >= 0.3 is 5.97 Å². The van der Waals surface area contributed by atoms with Gasteiger partial charge in [-0.2, -0.15) is 0 Å². The Morgan fingerprint density at radius 3 is 2.55 bits per heavy atom. The predicted octanol–water partition coefficient (Wildman–Crippen LogP) is 3.84. The number of hydrogen-bond acceptors (Lipinski definition) is 4. The van der Waals surface area contributed by atoms with Gasteiger partial charge in [0.1, 0.15) is 0 Å². The number of carboxylic acid groups (broad SMARTS) is 1. The molecule has 2 aromatic rings. The average molecular weight is 315 g/mol. The van der Waals surface area contributed by atoms with Crippen LogP contribution < -0.4 is 0 Å². The zero-order valence-electron chi connectivity index (χ0n) is 10.5. The van der Waals surface area contributed by atoms with Gasteiger partial charge in [0, 0.05) is 12.8 Å². The highest BCUT2D eigenvalue weighted by atomic mass is 35.5. The number of halogens is 2. The number of hydrogen-bond donors (Lipinski definition) is 1. The summed E-state index contributed by atoms with van der Waals surface area (Å²) < 4.78 is 5.50. The molecule has 0 spiro atoms. The Kier molecular flexibility index (Phi) is 4.98. The van der Waals surface area contributed by atoms with Crippen LogP contribution in [0, 0.1) is 0 Å². The third kappa shape index (κ3) is 3.71. The normalized spacial score (nSPS) is 10.7. The fraction of sp³-hybridized carbons (Fsp3) is 0.308. The highest BCUT2D eigenvalue weighted by Crippen LogP contribution is 2.33. The molecule has 106 valence electrons. The fourth-order valence-electron chi connectivity index (χ4n) is 1.71. The molecule has 0 aliphatic carbocycles. The van der Waals surface area contributed by atoms with Crippen LogP contribution >= 0.6 is 23.2 Å².